The summed E-state index contributed by atoms with van der Waals surface area (Å²) >= 11 is 3.79. The number of hydrogen-bond acceptors (Lipinski definition) is 6. The predicted octanol–water partition coefficient (Wildman–Crippen LogP) is 10.5. The minimum absolute atomic E-state index is 0.143. The zero-order valence-electron chi connectivity index (χ0n) is 28.4. The second kappa shape index (κ2) is 14.0. The molecule has 4 nitrogen and oxygen atoms in total. The summed E-state index contributed by atoms with van der Waals surface area (Å²) in [6.45, 7) is 9.79. The van der Waals surface area contributed by atoms with E-state index in [1.165, 1.54) is 84.5 Å². The predicted molar refractivity (Wildman–Crippen MR) is 203 cm³/mol. The first-order valence-corrected chi connectivity index (χ1v) is 19.9. The van der Waals surface area contributed by atoms with Crippen LogP contribution in [0.5, 0.6) is 0 Å². The summed E-state index contributed by atoms with van der Waals surface area (Å²) in [5, 5.41) is 1.16. The Balaban J connectivity index is 1.28. The van der Waals surface area contributed by atoms with Crippen LogP contribution in [0.1, 0.15) is 80.8 Å². The molecule has 250 valence electrons. The van der Waals surface area contributed by atoms with Gasteiger partial charge in [-0.1, -0.05) is 60.3 Å². The number of aromatic nitrogens is 1. The number of nitrogens with zero attached hydrogens (tertiary/aromatic N) is 4. The first-order chi connectivity index (χ1) is 23.6. The van der Waals surface area contributed by atoms with E-state index in [1.807, 2.05) is 0 Å². The first-order valence-electron chi connectivity index (χ1n) is 18.2. The zero-order chi connectivity index (χ0) is 32.6. The number of para-hydroxylation sites is 1. The molecule has 2 atom stereocenters. The van der Waals surface area contributed by atoms with Crippen molar-refractivity contribution in [2.24, 2.45) is 0 Å². The number of benzene rings is 1. The van der Waals surface area contributed by atoms with Crippen molar-refractivity contribution in [1.29, 1.82) is 0 Å². The van der Waals surface area contributed by atoms with E-state index in [-0.39, 0.29) is 11.1 Å². The molecule has 6 aliphatic rings. The summed E-state index contributed by atoms with van der Waals surface area (Å²) in [6, 6.07) is 8.97. The smallest absolute Gasteiger partial charge is 0.191 e. The molecule has 1 aromatic heterocycles. The molecular weight excluding hydrogens is 632 g/mol. The van der Waals surface area contributed by atoms with E-state index in [9.17, 15) is 0 Å². The topological polar surface area (TPSA) is 22.6 Å². The molecule has 2 fully saturated rings. The van der Waals surface area contributed by atoms with Gasteiger partial charge in [0, 0.05) is 48.2 Å². The van der Waals surface area contributed by atoms with Crippen molar-refractivity contribution < 1.29 is 4.39 Å². The molecule has 0 saturated carbocycles. The SMILES string of the molecule is CCN(c1nc(C2=CCCC=C2F)c(C2=C3C=CC(N4CCCCC4)=CC3SC3=C2C=CC(N2CCCCC2)C3)s1)c1ccccc1C. The minimum atomic E-state index is -0.143. The maximum absolute atomic E-state index is 15.8. The molecule has 0 bridgehead atoms. The van der Waals surface area contributed by atoms with E-state index >= 15 is 4.39 Å². The van der Waals surface area contributed by atoms with Gasteiger partial charge in [-0.2, -0.15) is 0 Å². The fourth-order valence-electron chi connectivity index (χ4n) is 8.23. The Kier molecular flexibility index (Phi) is 9.37. The Bertz CT molecular complexity index is 1780. The summed E-state index contributed by atoms with van der Waals surface area (Å²) in [5.74, 6) is -0.143. The van der Waals surface area contributed by atoms with Crippen LogP contribution in [-0.4, -0.2) is 58.8 Å². The standard InChI is InChI=1S/C41H47FN4S2/c1-3-46(35-17-9-6-14-28(35)2)41-43-39(31-15-7-8-16-34(31)42)40(48-41)38-32-20-18-29(44-22-10-4-11-23-44)26-36(32)47-37-27-30(19-21-33(37)38)45-24-12-5-13-25-45/h6,9,14-21,26,30,36H,3-5,7-8,10-13,22-25,27H2,1-2H3. The zero-order valence-corrected chi connectivity index (χ0v) is 30.0. The molecule has 4 heterocycles. The molecule has 2 aromatic rings. The maximum Gasteiger partial charge on any atom is 0.191 e. The van der Waals surface area contributed by atoms with Gasteiger partial charge in [-0.3, -0.25) is 4.90 Å². The second-order valence-corrected chi connectivity index (χ2v) is 16.1. The first kappa shape index (κ1) is 32.1. The van der Waals surface area contributed by atoms with Crippen LogP contribution in [0, 0.1) is 6.92 Å². The maximum atomic E-state index is 15.8. The molecule has 0 N–H and O–H groups in total. The summed E-state index contributed by atoms with van der Waals surface area (Å²) in [5.41, 5.74) is 9.08. The highest BCUT2D eigenvalue weighted by Gasteiger charge is 2.37. The number of halogens is 1. The summed E-state index contributed by atoms with van der Waals surface area (Å²) in [6.07, 6.45) is 26.4. The Hall–Kier alpha value is -3.13. The molecule has 3 aliphatic heterocycles. The highest BCUT2D eigenvalue weighted by Crippen LogP contribution is 2.53. The molecule has 0 amide bonds. The minimum Gasteiger partial charge on any atom is -0.372 e. The number of thiazole rings is 1. The third-order valence-electron chi connectivity index (χ3n) is 10.8. The van der Waals surface area contributed by atoms with Crippen LogP contribution < -0.4 is 4.90 Å². The normalized spacial score (nSPS) is 24.6. The number of allylic oxidation sites excluding steroid dienone is 9. The summed E-state index contributed by atoms with van der Waals surface area (Å²) in [7, 11) is 0. The van der Waals surface area contributed by atoms with E-state index in [4.69, 9.17) is 4.98 Å². The van der Waals surface area contributed by atoms with E-state index in [1.54, 1.807) is 17.4 Å². The Morgan fingerprint density at radius 1 is 0.938 bits per heavy atom. The number of anilines is 2. The van der Waals surface area contributed by atoms with Crippen LogP contribution in [0.25, 0.3) is 11.1 Å². The van der Waals surface area contributed by atoms with Crippen molar-refractivity contribution in [3.63, 3.8) is 0 Å². The lowest BCUT2D eigenvalue weighted by atomic mass is 9.86. The van der Waals surface area contributed by atoms with E-state index in [0.29, 0.717) is 11.6 Å². The monoisotopic (exact) mass is 678 g/mol. The molecule has 1 aromatic carbocycles. The molecular formula is C41H47FN4S2. The van der Waals surface area contributed by atoms with Crippen LogP contribution in [-0.2, 0) is 0 Å². The number of hydrogen-bond donors (Lipinski definition) is 0. The van der Waals surface area contributed by atoms with Crippen LogP contribution in [0.3, 0.4) is 0 Å². The Labute approximate surface area is 294 Å². The van der Waals surface area contributed by atoms with Crippen molar-refractivity contribution in [2.75, 3.05) is 37.6 Å². The second-order valence-electron chi connectivity index (χ2n) is 13.9. The van der Waals surface area contributed by atoms with Gasteiger partial charge < -0.3 is 9.80 Å². The summed E-state index contributed by atoms with van der Waals surface area (Å²) < 4.78 is 15.8. The fourth-order valence-corrected chi connectivity index (χ4v) is 10.9. The van der Waals surface area contributed by atoms with Crippen LogP contribution in [0.2, 0.25) is 0 Å². The number of rotatable bonds is 7. The van der Waals surface area contributed by atoms with Crippen molar-refractivity contribution in [2.45, 2.75) is 82.9 Å². The number of fused-ring (bicyclic) bond motifs is 1. The van der Waals surface area contributed by atoms with Gasteiger partial charge in [0.2, 0.25) is 0 Å². The molecule has 2 unspecified atom stereocenters. The van der Waals surface area contributed by atoms with Crippen LogP contribution >= 0.6 is 23.1 Å². The molecule has 0 radical (unpaired) electrons. The van der Waals surface area contributed by atoms with Gasteiger partial charge in [0.25, 0.3) is 0 Å². The van der Waals surface area contributed by atoms with Crippen molar-refractivity contribution in [3.05, 3.63) is 111 Å². The van der Waals surface area contributed by atoms with Crippen molar-refractivity contribution in [1.82, 2.24) is 14.8 Å². The Morgan fingerprint density at radius 3 is 2.48 bits per heavy atom. The lowest BCUT2D eigenvalue weighted by Gasteiger charge is -2.39. The largest absolute Gasteiger partial charge is 0.372 e. The lowest BCUT2D eigenvalue weighted by Crippen LogP contribution is -2.39. The number of piperidine rings is 2. The molecule has 7 heteroatoms. The molecule has 0 spiro atoms. The highest BCUT2D eigenvalue weighted by molar-refractivity contribution is 8.04. The molecule has 48 heavy (non-hydrogen) atoms. The number of aryl methyl sites for hydroxylation is 1. The van der Waals surface area contributed by atoms with Gasteiger partial charge >= 0.3 is 0 Å². The average Bonchev–Trinajstić information content (AvgIpc) is 3.56. The third-order valence-corrected chi connectivity index (χ3v) is 13.2. The number of likely N-dealkylation sites (tertiary alicyclic amines) is 2. The van der Waals surface area contributed by atoms with E-state index in [2.05, 4.69) is 101 Å². The quantitative estimate of drug-likeness (QED) is 0.290. The van der Waals surface area contributed by atoms with Crippen LogP contribution in [0.4, 0.5) is 15.2 Å². The average molecular weight is 679 g/mol. The van der Waals surface area contributed by atoms with Gasteiger partial charge in [0.15, 0.2) is 5.13 Å². The van der Waals surface area contributed by atoms with E-state index < -0.39 is 0 Å². The van der Waals surface area contributed by atoms with E-state index in [0.717, 1.165) is 60.3 Å². The fraction of sp³-hybridized carbons (Fsp3) is 0.439. The van der Waals surface area contributed by atoms with Gasteiger partial charge in [0.1, 0.15) is 5.83 Å². The lowest BCUT2D eigenvalue weighted by molar-refractivity contribution is 0.190. The Morgan fingerprint density at radius 2 is 1.71 bits per heavy atom. The van der Waals surface area contributed by atoms with Crippen LogP contribution in [0.15, 0.2) is 94.4 Å². The molecule has 8 rings (SSSR count). The van der Waals surface area contributed by atoms with Gasteiger partial charge in [0.05, 0.1) is 15.8 Å². The van der Waals surface area contributed by atoms with Gasteiger partial charge in [-0.15, -0.1) is 11.8 Å². The third kappa shape index (κ3) is 6.11. The highest BCUT2D eigenvalue weighted by atomic mass is 32.2. The molecule has 3 aliphatic carbocycles. The summed E-state index contributed by atoms with van der Waals surface area (Å²) in [4.78, 5) is 15.5. The van der Waals surface area contributed by atoms with Gasteiger partial charge in [-0.05, 0) is 124 Å². The van der Waals surface area contributed by atoms with Crippen molar-refractivity contribution >= 4 is 45.1 Å². The molecule has 2 saturated heterocycles. The van der Waals surface area contributed by atoms with Crippen molar-refractivity contribution in [3.8, 4) is 0 Å². The number of thioether (sulfide) groups is 1. The van der Waals surface area contributed by atoms with Gasteiger partial charge in [-0.25, -0.2) is 9.37 Å².